The zero-order valence-corrected chi connectivity index (χ0v) is 17.4. The second-order valence-corrected chi connectivity index (χ2v) is 7.46. The van der Waals surface area contributed by atoms with Crippen molar-refractivity contribution in [1.82, 2.24) is 0 Å². The number of phenolic OH excluding ortho intramolecular Hbond substituents is 2. The molecule has 0 bridgehead atoms. The highest BCUT2D eigenvalue weighted by atomic mass is 16.5. The number of carbonyl (C=O) groups excluding carboxylic acids is 2. The van der Waals surface area contributed by atoms with E-state index in [1.54, 1.807) is 42.5 Å². The Bertz CT molecular complexity index is 1260. The van der Waals surface area contributed by atoms with Crippen LogP contribution in [0.15, 0.2) is 72.3 Å². The highest BCUT2D eigenvalue weighted by molar-refractivity contribution is 6.52. The summed E-state index contributed by atoms with van der Waals surface area (Å²) in [6, 6.07) is 16.2. The quantitative estimate of drug-likeness (QED) is 0.327. The van der Waals surface area contributed by atoms with E-state index < -0.39 is 23.5 Å². The van der Waals surface area contributed by atoms with Gasteiger partial charge in [-0.25, -0.2) is 0 Å². The number of nitrogens with zero attached hydrogens (tertiary/aromatic N) is 1. The van der Waals surface area contributed by atoms with Gasteiger partial charge in [0.1, 0.15) is 23.0 Å². The lowest BCUT2D eigenvalue weighted by atomic mass is 9.94. The third kappa shape index (κ3) is 3.43. The van der Waals surface area contributed by atoms with Gasteiger partial charge in [0.25, 0.3) is 11.7 Å². The number of ketones is 1. The van der Waals surface area contributed by atoms with Gasteiger partial charge >= 0.3 is 0 Å². The number of rotatable bonds is 4. The van der Waals surface area contributed by atoms with Crippen LogP contribution in [0.3, 0.4) is 0 Å². The van der Waals surface area contributed by atoms with E-state index in [0.717, 1.165) is 10.5 Å². The maximum Gasteiger partial charge on any atom is 0.300 e. The van der Waals surface area contributed by atoms with Crippen LogP contribution in [0.1, 0.15) is 22.7 Å². The van der Waals surface area contributed by atoms with Crippen molar-refractivity contribution in [2.24, 2.45) is 0 Å². The number of aliphatic hydroxyl groups excluding tert-OH is 1. The third-order valence-corrected chi connectivity index (χ3v) is 5.38. The van der Waals surface area contributed by atoms with Crippen molar-refractivity contribution in [3.8, 4) is 17.2 Å². The van der Waals surface area contributed by atoms with Crippen molar-refractivity contribution in [2.75, 3.05) is 12.0 Å². The van der Waals surface area contributed by atoms with Gasteiger partial charge in [-0.1, -0.05) is 35.9 Å². The Hall–Kier alpha value is -4.26. The largest absolute Gasteiger partial charge is 0.508 e. The second-order valence-electron chi connectivity index (χ2n) is 7.46. The normalized spacial score (nSPS) is 17.6. The summed E-state index contributed by atoms with van der Waals surface area (Å²) >= 11 is 0. The fourth-order valence-corrected chi connectivity index (χ4v) is 3.91. The average Bonchev–Trinajstić information content (AvgIpc) is 3.04. The summed E-state index contributed by atoms with van der Waals surface area (Å²) in [6.45, 7) is 1.82. The smallest absolute Gasteiger partial charge is 0.300 e. The molecule has 3 N–H and O–H groups in total. The minimum atomic E-state index is -1.08. The zero-order valence-electron chi connectivity index (χ0n) is 17.4. The molecule has 7 heteroatoms. The van der Waals surface area contributed by atoms with Gasteiger partial charge in [-0.2, -0.15) is 0 Å². The van der Waals surface area contributed by atoms with Crippen LogP contribution in [-0.4, -0.2) is 34.1 Å². The Labute approximate surface area is 184 Å². The fourth-order valence-electron chi connectivity index (χ4n) is 3.91. The van der Waals surface area contributed by atoms with Gasteiger partial charge in [-0.3, -0.25) is 14.5 Å². The van der Waals surface area contributed by atoms with Gasteiger partial charge in [0, 0.05) is 0 Å². The molecule has 0 aliphatic carbocycles. The average molecular weight is 431 g/mol. The SMILES string of the molecule is COc1ccc(C)cc1/C(O)=C1\C(=O)C(=O)N(c2ccccc2O)C1c1cccc(O)c1. The molecule has 162 valence electrons. The van der Waals surface area contributed by atoms with Crippen LogP contribution >= 0.6 is 0 Å². The van der Waals surface area contributed by atoms with E-state index in [1.807, 2.05) is 6.92 Å². The van der Waals surface area contributed by atoms with Crippen molar-refractivity contribution >= 4 is 23.1 Å². The Balaban J connectivity index is 2.02. The van der Waals surface area contributed by atoms with Crippen LogP contribution < -0.4 is 9.64 Å². The van der Waals surface area contributed by atoms with Crippen molar-refractivity contribution in [3.63, 3.8) is 0 Å². The van der Waals surface area contributed by atoms with Crippen molar-refractivity contribution in [2.45, 2.75) is 13.0 Å². The van der Waals surface area contributed by atoms with Crippen LogP contribution in [0, 0.1) is 6.92 Å². The van der Waals surface area contributed by atoms with Gasteiger partial charge in [-0.15, -0.1) is 0 Å². The molecule has 4 rings (SSSR count). The number of hydrogen-bond donors (Lipinski definition) is 3. The standard InChI is InChI=1S/C25H21NO6/c1-14-10-11-20(32-2)17(12-14)23(29)21-22(15-6-5-7-16(27)13-15)26(25(31)24(21)30)18-8-3-4-9-19(18)28/h3-13,22,27-29H,1-2H3/b23-21+. The molecule has 3 aromatic rings. The molecule has 0 aromatic heterocycles. The van der Waals surface area contributed by atoms with Gasteiger partial charge < -0.3 is 20.1 Å². The molecule has 1 atom stereocenters. The molecule has 1 fully saturated rings. The molecule has 7 nitrogen and oxygen atoms in total. The van der Waals surface area contributed by atoms with E-state index in [1.165, 1.54) is 31.4 Å². The molecule has 1 heterocycles. The number of carbonyl (C=O) groups is 2. The molecule has 32 heavy (non-hydrogen) atoms. The Morgan fingerprint density at radius 2 is 1.72 bits per heavy atom. The van der Waals surface area contributed by atoms with Crippen LogP contribution in [0.2, 0.25) is 0 Å². The number of hydrogen-bond acceptors (Lipinski definition) is 6. The number of aromatic hydroxyl groups is 2. The molecule has 0 radical (unpaired) electrons. The number of ether oxygens (including phenoxy) is 1. The highest BCUT2D eigenvalue weighted by Gasteiger charge is 2.48. The fraction of sp³-hybridized carbons (Fsp3) is 0.120. The van der Waals surface area contributed by atoms with Gasteiger partial charge in [0.05, 0.1) is 30.0 Å². The Kier molecular flexibility index (Phi) is 5.32. The zero-order chi connectivity index (χ0) is 23.0. The summed E-state index contributed by atoms with van der Waals surface area (Å²) in [5.41, 5.74) is 1.40. The van der Waals surface area contributed by atoms with Crippen LogP contribution in [0.5, 0.6) is 17.2 Å². The topological polar surface area (TPSA) is 107 Å². The van der Waals surface area contributed by atoms with Crippen LogP contribution in [-0.2, 0) is 9.59 Å². The second kappa shape index (κ2) is 8.11. The first-order valence-electron chi connectivity index (χ1n) is 9.86. The van der Waals surface area contributed by atoms with Crippen molar-refractivity contribution in [3.05, 3.63) is 89.0 Å². The van der Waals surface area contributed by atoms with Crippen LogP contribution in [0.25, 0.3) is 5.76 Å². The lowest BCUT2D eigenvalue weighted by molar-refractivity contribution is -0.132. The molecule has 1 saturated heterocycles. The number of benzene rings is 3. The maximum atomic E-state index is 13.2. The molecular formula is C25H21NO6. The number of aliphatic hydroxyl groups is 1. The number of anilines is 1. The minimum Gasteiger partial charge on any atom is -0.508 e. The van der Waals surface area contributed by atoms with E-state index >= 15 is 0 Å². The molecule has 3 aromatic carbocycles. The number of amides is 1. The van der Waals surface area contributed by atoms with E-state index in [9.17, 15) is 24.9 Å². The van der Waals surface area contributed by atoms with Gasteiger partial charge in [0.2, 0.25) is 0 Å². The van der Waals surface area contributed by atoms with Gasteiger partial charge in [-0.05, 0) is 48.9 Å². The van der Waals surface area contributed by atoms with Crippen LogP contribution in [0.4, 0.5) is 5.69 Å². The Morgan fingerprint density at radius 1 is 0.969 bits per heavy atom. The van der Waals surface area contributed by atoms with E-state index in [0.29, 0.717) is 11.3 Å². The first-order valence-corrected chi connectivity index (χ1v) is 9.86. The predicted octanol–water partition coefficient (Wildman–Crippen LogP) is 4.04. The number of para-hydroxylation sites is 2. The molecule has 1 aliphatic rings. The lowest BCUT2D eigenvalue weighted by Crippen LogP contribution is -2.29. The predicted molar refractivity (Wildman–Crippen MR) is 119 cm³/mol. The number of phenols is 2. The Morgan fingerprint density at radius 3 is 2.41 bits per heavy atom. The summed E-state index contributed by atoms with van der Waals surface area (Å²) in [4.78, 5) is 27.4. The first kappa shape index (κ1) is 21.0. The summed E-state index contributed by atoms with van der Waals surface area (Å²) in [5.74, 6) is -2.17. The molecular weight excluding hydrogens is 410 g/mol. The minimum absolute atomic E-state index is 0.0708. The summed E-state index contributed by atoms with van der Waals surface area (Å²) < 4.78 is 5.35. The third-order valence-electron chi connectivity index (χ3n) is 5.38. The maximum absolute atomic E-state index is 13.2. The molecule has 0 saturated carbocycles. The number of Topliss-reactive ketones (excluding diaryl/α,β-unsaturated/α-hetero) is 1. The molecule has 1 amide bonds. The van der Waals surface area contributed by atoms with Gasteiger partial charge in [0.15, 0.2) is 0 Å². The monoisotopic (exact) mass is 431 g/mol. The number of methoxy groups -OCH3 is 1. The van der Waals surface area contributed by atoms with E-state index in [2.05, 4.69) is 0 Å². The first-order chi connectivity index (χ1) is 15.3. The number of aryl methyl sites for hydroxylation is 1. The highest BCUT2D eigenvalue weighted by Crippen LogP contribution is 2.45. The molecule has 0 spiro atoms. The summed E-state index contributed by atoms with van der Waals surface area (Å²) in [7, 11) is 1.44. The van der Waals surface area contributed by atoms with Crippen molar-refractivity contribution < 1.29 is 29.6 Å². The van der Waals surface area contributed by atoms with E-state index in [4.69, 9.17) is 4.74 Å². The van der Waals surface area contributed by atoms with Crippen molar-refractivity contribution in [1.29, 1.82) is 0 Å². The summed E-state index contributed by atoms with van der Waals surface area (Å²) in [5, 5.41) is 31.7. The lowest BCUT2D eigenvalue weighted by Gasteiger charge is -2.26. The summed E-state index contributed by atoms with van der Waals surface area (Å²) in [6.07, 6.45) is 0. The molecule has 1 unspecified atom stereocenters. The van der Waals surface area contributed by atoms with E-state index in [-0.39, 0.29) is 28.3 Å². The molecule has 1 aliphatic heterocycles.